The molecule has 192 valence electrons. The zero-order chi connectivity index (χ0) is 25.8. The van der Waals surface area contributed by atoms with Crippen molar-refractivity contribution in [3.8, 4) is 11.5 Å². The van der Waals surface area contributed by atoms with E-state index < -0.39 is 29.3 Å². The van der Waals surface area contributed by atoms with Crippen molar-refractivity contribution >= 4 is 17.4 Å². The maximum Gasteiger partial charge on any atom is 0.295 e. The van der Waals surface area contributed by atoms with Crippen LogP contribution in [-0.4, -0.2) is 79.2 Å². The highest BCUT2D eigenvalue weighted by Crippen LogP contribution is 2.40. The van der Waals surface area contributed by atoms with Gasteiger partial charge in [0.2, 0.25) is 0 Å². The predicted octanol–water partition coefficient (Wildman–Crippen LogP) is 3.38. The van der Waals surface area contributed by atoms with Gasteiger partial charge < -0.3 is 24.2 Å². The second-order valence-electron chi connectivity index (χ2n) is 9.03. The van der Waals surface area contributed by atoms with Crippen LogP contribution < -0.4 is 9.47 Å². The molecule has 1 atom stereocenters. The number of Topliss-reactive ketones (excluding diaryl/α,β-unsaturated/α-hetero) is 1. The smallest absolute Gasteiger partial charge is 0.295 e. The van der Waals surface area contributed by atoms with Crippen molar-refractivity contribution in [1.29, 1.82) is 0 Å². The number of methoxy groups -OCH3 is 1. The highest BCUT2D eigenvalue weighted by Gasteiger charge is 2.46. The molecule has 36 heavy (non-hydrogen) atoms. The lowest BCUT2D eigenvalue weighted by Crippen LogP contribution is -2.42. The first-order valence-corrected chi connectivity index (χ1v) is 12.0. The van der Waals surface area contributed by atoms with Gasteiger partial charge in [0.1, 0.15) is 11.5 Å². The number of likely N-dealkylation sites (tertiary alicyclic amines) is 1. The van der Waals surface area contributed by atoms with Gasteiger partial charge in [0.15, 0.2) is 11.6 Å². The van der Waals surface area contributed by atoms with Crippen LogP contribution in [-0.2, 0) is 14.3 Å². The molecular weight excluding hydrogens is 467 g/mol. The number of ketones is 1. The fourth-order valence-corrected chi connectivity index (χ4v) is 4.50. The number of ether oxygens (including phenoxy) is 3. The third-order valence-corrected chi connectivity index (χ3v) is 6.28. The lowest BCUT2D eigenvalue weighted by molar-refractivity contribution is -0.140. The van der Waals surface area contributed by atoms with Crippen LogP contribution in [0.3, 0.4) is 0 Å². The lowest BCUT2D eigenvalue weighted by Gasteiger charge is -2.31. The average Bonchev–Trinajstić information content (AvgIpc) is 3.13. The van der Waals surface area contributed by atoms with E-state index in [0.29, 0.717) is 31.1 Å². The lowest BCUT2D eigenvalue weighted by atomic mass is 9.95. The number of carbonyl (C=O) groups is 2. The van der Waals surface area contributed by atoms with Crippen LogP contribution in [0.2, 0.25) is 0 Å². The van der Waals surface area contributed by atoms with E-state index in [9.17, 15) is 19.1 Å². The van der Waals surface area contributed by atoms with E-state index in [4.69, 9.17) is 14.2 Å². The Labute approximate surface area is 209 Å². The van der Waals surface area contributed by atoms with E-state index >= 15 is 0 Å². The standard InChI is InChI=1S/C27H31FN2O6/c1-17(2)36-22-8-7-19(16-21(22)28)25(31)23-24(18-5-4-6-20(15-18)34-3)30(27(33)26(23)32)10-9-29-11-13-35-14-12-29/h4-8,15-17,24,31H,9-14H2,1-3H3/b25-23+/t24-/m0/s1. The van der Waals surface area contributed by atoms with Crippen molar-refractivity contribution in [2.45, 2.75) is 26.0 Å². The van der Waals surface area contributed by atoms with Gasteiger partial charge in [-0.1, -0.05) is 12.1 Å². The SMILES string of the molecule is COc1cccc([C@H]2/C(=C(\O)c3ccc(OC(C)C)c(F)c3)C(=O)C(=O)N2CCN2CCOCC2)c1. The maximum absolute atomic E-state index is 14.7. The second-order valence-corrected chi connectivity index (χ2v) is 9.03. The number of nitrogens with zero attached hydrogens (tertiary/aromatic N) is 2. The molecule has 0 aromatic heterocycles. The van der Waals surface area contributed by atoms with E-state index in [2.05, 4.69) is 4.90 Å². The first kappa shape index (κ1) is 25.7. The van der Waals surface area contributed by atoms with Gasteiger partial charge in [-0.05, 0) is 49.7 Å². The summed E-state index contributed by atoms with van der Waals surface area (Å²) in [5, 5.41) is 11.2. The number of hydrogen-bond acceptors (Lipinski definition) is 7. The van der Waals surface area contributed by atoms with Crippen LogP contribution >= 0.6 is 0 Å². The van der Waals surface area contributed by atoms with Crippen molar-refractivity contribution in [3.05, 3.63) is 65.0 Å². The second kappa shape index (κ2) is 11.1. The Morgan fingerprint density at radius 1 is 1.14 bits per heavy atom. The van der Waals surface area contributed by atoms with Gasteiger partial charge in [0.05, 0.1) is 38.0 Å². The molecule has 2 aliphatic rings. The van der Waals surface area contributed by atoms with Gasteiger partial charge >= 0.3 is 0 Å². The number of amides is 1. The van der Waals surface area contributed by atoms with Crippen molar-refractivity contribution in [1.82, 2.24) is 9.80 Å². The minimum absolute atomic E-state index is 0.0388. The Morgan fingerprint density at radius 2 is 1.89 bits per heavy atom. The Hall–Kier alpha value is -3.43. The Kier molecular flexibility index (Phi) is 7.91. The van der Waals surface area contributed by atoms with E-state index in [0.717, 1.165) is 19.2 Å². The molecule has 0 unspecified atom stereocenters. The van der Waals surface area contributed by atoms with E-state index in [1.54, 1.807) is 38.1 Å². The molecule has 0 bridgehead atoms. The minimum Gasteiger partial charge on any atom is -0.507 e. The molecule has 8 nitrogen and oxygen atoms in total. The highest BCUT2D eigenvalue weighted by atomic mass is 19.1. The predicted molar refractivity (Wildman–Crippen MR) is 131 cm³/mol. The van der Waals surface area contributed by atoms with Crippen molar-refractivity contribution in [3.63, 3.8) is 0 Å². The van der Waals surface area contributed by atoms with Gasteiger partial charge in [0, 0.05) is 31.7 Å². The largest absolute Gasteiger partial charge is 0.507 e. The fourth-order valence-electron chi connectivity index (χ4n) is 4.50. The fraction of sp³-hybridized carbons (Fsp3) is 0.407. The molecule has 0 radical (unpaired) electrons. The average molecular weight is 499 g/mol. The number of hydrogen-bond donors (Lipinski definition) is 1. The number of benzene rings is 2. The van der Waals surface area contributed by atoms with Gasteiger partial charge in [0.25, 0.3) is 11.7 Å². The number of rotatable bonds is 8. The van der Waals surface area contributed by atoms with Crippen molar-refractivity contribution in [2.75, 3.05) is 46.5 Å². The molecule has 2 heterocycles. The van der Waals surface area contributed by atoms with E-state index in [1.807, 2.05) is 0 Å². The molecule has 4 rings (SSSR count). The third-order valence-electron chi connectivity index (χ3n) is 6.28. The van der Waals surface area contributed by atoms with Crippen LogP contribution in [0.15, 0.2) is 48.0 Å². The summed E-state index contributed by atoms with van der Waals surface area (Å²) >= 11 is 0. The Bertz CT molecular complexity index is 1160. The van der Waals surface area contributed by atoms with Crippen LogP contribution in [0, 0.1) is 5.82 Å². The third kappa shape index (κ3) is 5.37. The van der Waals surface area contributed by atoms with Crippen LogP contribution in [0.1, 0.15) is 31.0 Å². The monoisotopic (exact) mass is 498 g/mol. The first-order valence-electron chi connectivity index (χ1n) is 12.0. The summed E-state index contributed by atoms with van der Waals surface area (Å²) in [6.45, 7) is 7.07. The number of morpholine rings is 1. The molecule has 0 saturated carbocycles. The summed E-state index contributed by atoms with van der Waals surface area (Å²) in [5.74, 6) is -2.05. The summed E-state index contributed by atoms with van der Waals surface area (Å²) < 4.78 is 30.9. The molecule has 1 amide bonds. The van der Waals surface area contributed by atoms with Crippen molar-refractivity contribution < 1.29 is 33.3 Å². The molecule has 2 saturated heterocycles. The Morgan fingerprint density at radius 3 is 2.56 bits per heavy atom. The van der Waals surface area contributed by atoms with Crippen LogP contribution in [0.25, 0.3) is 5.76 Å². The topological polar surface area (TPSA) is 88.5 Å². The molecule has 1 N–H and O–H groups in total. The van der Waals surface area contributed by atoms with Crippen LogP contribution in [0.5, 0.6) is 11.5 Å². The Balaban J connectivity index is 1.74. The van der Waals surface area contributed by atoms with Crippen LogP contribution in [0.4, 0.5) is 4.39 Å². The number of aliphatic hydroxyl groups is 1. The summed E-state index contributed by atoms with van der Waals surface area (Å²) in [6.07, 6.45) is -0.233. The molecule has 2 fully saturated rings. The summed E-state index contributed by atoms with van der Waals surface area (Å²) in [5.41, 5.74) is 0.604. The molecule has 0 spiro atoms. The first-order chi connectivity index (χ1) is 17.3. The van der Waals surface area contributed by atoms with E-state index in [1.165, 1.54) is 24.1 Å². The molecule has 9 heteroatoms. The quantitative estimate of drug-likeness (QED) is 0.339. The summed E-state index contributed by atoms with van der Waals surface area (Å²) in [7, 11) is 1.53. The van der Waals surface area contributed by atoms with Gasteiger partial charge in [-0.3, -0.25) is 14.5 Å². The molecule has 2 aromatic carbocycles. The van der Waals surface area contributed by atoms with Crippen molar-refractivity contribution in [2.24, 2.45) is 0 Å². The highest BCUT2D eigenvalue weighted by molar-refractivity contribution is 6.46. The summed E-state index contributed by atoms with van der Waals surface area (Å²) in [4.78, 5) is 30.0. The number of halogens is 1. The molecule has 0 aliphatic carbocycles. The molecule has 2 aromatic rings. The zero-order valence-electron chi connectivity index (χ0n) is 20.7. The van der Waals surface area contributed by atoms with E-state index in [-0.39, 0.29) is 29.5 Å². The number of carbonyl (C=O) groups excluding carboxylic acids is 2. The van der Waals surface area contributed by atoms with Gasteiger partial charge in [-0.25, -0.2) is 4.39 Å². The maximum atomic E-state index is 14.7. The molecule has 2 aliphatic heterocycles. The van der Waals surface area contributed by atoms with Gasteiger partial charge in [-0.15, -0.1) is 0 Å². The normalized spacial score (nSPS) is 20.2. The minimum atomic E-state index is -0.851. The van der Waals surface area contributed by atoms with Gasteiger partial charge in [-0.2, -0.15) is 0 Å². The molecular formula is C27H31FN2O6. The summed E-state index contributed by atoms with van der Waals surface area (Å²) in [6, 6.07) is 10.1. The zero-order valence-corrected chi connectivity index (χ0v) is 20.7. The number of aliphatic hydroxyl groups excluding tert-OH is 1.